The number of carbonyl (C=O) groups is 2. The summed E-state index contributed by atoms with van der Waals surface area (Å²) in [5.74, 6) is 1.21. The molecule has 0 aliphatic carbocycles. The fraction of sp³-hybridized carbons (Fsp3) is 0.364. The lowest BCUT2D eigenvalue weighted by Crippen LogP contribution is -3.13. The van der Waals surface area contributed by atoms with E-state index in [2.05, 4.69) is 5.32 Å². The number of methoxy groups -OCH3 is 2. The highest BCUT2D eigenvalue weighted by atomic mass is 16.5. The van der Waals surface area contributed by atoms with Gasteiger partial charge in [0.1, 0.15) is 12.1 Å². The number of imide groups is 1. The molecule has 0 bridgehead atoms. The molecule has 2 aromatic carbocycles. The third-order valence-corrected chi connectivity index (χ3v) is 5.90. The molecule has 0 saturated carbocycles. The predicted octanol–water partition coefficient (Wildman–Crippen LogP) is 1.07. The third kappa shape index (κ3) is 3.31. The molecular formula is C22H26N3O4+. The second-order valence-electron chi connectivity index (χ2n) is 7.72. The Morgan fingerprint density at radius 2 is 1.72 bits per heavy atom. The summed E-state index contributed by atoms with van der Waals surface area (Å²) in [5.41, 5.74) is 2.14. The van der Waals surface area contributed by atoms with E-state index in [0.717, 1.165) is 41.3 Å². The van der Waals surface area contributed by atoms with Crippen molar-refractivity contribution in [1.82, 2.24) is 10.2 Å². The summed E-state index contributed by atoms with van der Waals surface area (Å²) >= 11 is 0. The van der Waals surface area contributed by atoms with Crippen LogP contribution in [-0.4, -0.2) is 44.3 Å². The highest BCUT2D eigenvalue weighted by Crippen LogP contribution is 2.31. The first kappa shape index (κ1) is 19.3. The number of ether oxygens (including phenoxy) is 2. The van der Waals surface area contributed by atoms with E-state index >= 15 is 0 Å². The largest absolute Gasteiger partial charge is 0.493 e. The van der Waals surface area contributed by atoms with E-state index in [1.807, 2.05) is 42.5 Å². The predicted molar refractivity (Wildman–Crippen MR) is 107 cm³/mol. The van der Waals surface area contributed by atoms with Crippen LogP contribution in [0, 0.1) is 0 Å². The molecule has 2 aliphatic rings. The average molecular weight is 396 g/mol. The monoisotopic (exact) mass is 396 g/mol. The minimum Gasteiger partial charge on any atom is -0.493 e. The minimum absolute atomic E-state index is 0.209. The second kappa shape index (κ2) is 7.40. The van der Waals surface area contributed by atoms with Gasteiger partial charge in [-0.25, -0.2) is 9.69 Å². The highest BCUT2D eigenvalue weighted by Gasteiger charge is 2.50. The van der Waals surface area contributed by atoms with E-state index in [1.165, 1.54) is 10.5 Å². The normalized spacial score (nSPS) is 23.6. The zero-order chi connectivity index (χ0) is 20.6. The Morgan fingerprint density at radius 1 is 1.07 bits per heavy atom. The Hall–Kier alpha value is -3.06. The van der Waals surface area contributed by atoms with Gasteiger partial charge in [-0.15, -0.1) is 0 Å². The number of rotatable bonds is 5. The Labute approximate surface area is 170 Å². The van der Waals surface area contributed by atoms with Gasteiger partial charge in [0.15, 0.2) is 18.2 Å². The molecule has 152 valence electrons. The maximum absolute atomic E-state index is 13.1. The third-order valence-electron chi connectivity index (χ3n) is 5.90. The lowest BCUT2D eigenvalue weighted by atomic mass is 9.92. The number of amides is 3. The van der Waals surface area contributed by atoms with Crippen LogP contribution in [0.25, 0.3) is 0 Å². The van der Waals surface area contributed by atoms with Crippen LogP contribution >= 0.6 is 0 Å². The van der Waals surface area contributed by atoms with Gasteiger partial charge in [0, 0.05) is 12.0 Å². The Kier molecular flexibility index (Phi) is 4.92. The summed E-state index contributed by atoms with van der Waals surface area (Å²) < 4.78 is 10.8. The molecule has 0 aromatic heterocycles. The fourth-order valence-corrected chi connectivity index (χ4v) is 4.20. The zero-order valence-electron chi connectivity index (χ0n) is 17.0. The number of carbonyl (C=O) groups excluding carboxylic acids is 2. The summed E-state index contributed by atoms with van der Waals surface area (Å²) in [6, 6.07) is 13.0. The number of benzene rings is 2. The van der Waals surface area contributed by atoms with Crippen LogP contribution in [0.2, 0.25) is 0 Å². The van der Waals surface area contributed by atoms with Crippen LogP contribution < -0.4 is 19.7 Å². The van der Waals surface area contributed by atoms with Crippen molar-refractivity contribution in [2.24, 2.45) is 0 Å². The first-order chi connectivity index (χ1) is 14.0. The van der Waals surface area contributed by atoms with E-state index in [1.54, 1.807) is 21.1 Å². The number of nitrogens with one attached hydrogen (secondary N) is 2. The Bertz CT molecular complexity index is 947. The van der Waals surface area contributed by atoms with Gasteiger partial charge in [-0.3, -0.25) is 4.79 Å². The van der Waals surface area contributed by atoms with E-state index in [9.17, 15) is 9.59 Å². The molecule has 1 saturated heterocycles. The van der Waals surface area contributed by atoms with E-state index in [0.29, 0.717) is 12.4 Å². The number of hydrogen-bond acceptors (Lipinski definition) is 4. The van der Waals surface area contributed by atoms with Crippen molar-refractivity contribution in [2.45, 2.75) is 25.4 Å². The van der Waals surface area contributed by atoms with Crippen LogP contribution in [0.3, 0.4) is 0 Å². The van der Waals surface area contributed by atoms with Crippen LogP contribution in [0.15, 0.2) is 42.5 Å². The average Bonchev–Trinajstić information content (AvgIpc) is 2.97. The van der Waals surface area contributed by atoms with Crippen molar-refractivity contribution in [2.75, 3.05) is 27.4 Å². The second-order valence-corrected chi connectivity index (χ2v) is 7.72. The molecule has 2 heterocycles. The summed E-state index contributed by atoms with van der Waals surface area (Å²) in [4.78, 5) is 28.3. The maximum atomic E-state index is 13.1. The molecule has 7 nitrogen and oxygen atoms in total. The number of urea groups is 1. The molecule has 2 N–H and O–H groups in total. The first-order valence-electron chi connectivity index (χ1n) is 9.73. The van der Waals surface area contributed by atoms with Gasteiger partial charge < -0.3 is 19.7 Å². The van der Waals surface area contributed by atoms with Crippen molar-refractivity contribution < 1.29 is 24.0 Å². The lowest BCUT2D eigenvalue weighted by molar-refractivity contribution is -0.923. The summed E-state index contributed by atoms with van der Waals surface area (Å²) in [5, 5.41) is 2.88. The molecule has 29 heavy (non-hydrogen) atoms. The highest BCUT2D eigenvalue weighted by molar-refractivity contribution is 6.07. The Morgan fingerprint density at radius 3 is 2.38 bits per heavy atom. The molecule has 2 atom stereocenters. The zero-order valence-corrected chi connectivity index (χ0v) is 17.0. The van der Waals surface area contributed by atoms with Crippen LogP contribution in [-0.2, 0) is 23.3 Å². The minimum atomic E-state index is -1.03. The first-order valence-corrected chi connectivity index (χ1v) is 9.73. The molecule has 2 aliphatic heterocycles. The smallest absolute Gasteiger partial charge is 0.329 e. The van der Waals surface area contributed by atoms with Gasteiger partial charge >= 0.3 is 6.03 Å². The van der Waals surface area contributed by atoms with Crippen LogP contribution in [0.1, 0.15) is 23.6 Å². The molecule has 1 fully saturated rings. The molecule has 3 amide bonds. The molecule has 4 rings (SSSR count). The maximum Gasteiger partial charge on any atom is 0.329 e. The molecule has 0 spiro atoms. The van der Waals surface area contributed by atoms with Crippen molar-refractivity contribution in [3.05, 3.63) is 59.2 Å². The SMILES string of the molecule is COc1cc2c(cc1OC)C[NH+](CN1C(=O)N[C@](C)(c3ccccc3)C1=O)CC2. The van der Waals surface area contributed by atoms with Gasteiger partial charge in [0.05, 0.1) is 20.8 Å². The summed E-state index contributed by atoms with van der Waals surface area (Å²) in [6.07, 6.45) is 0.852. The Balaban J connectivity index is 1.52. The topological polar surface area (TPSA) is 72.3 Å². The van der Waals surface area contributed by atoms with Gasteiger partial charge in [0.25, 0.3) is 5.91 Å². The van der Waals surface area contributed by atoms with E-state index in [-0.39, 0.29) is 11.9 Å². The van der Waals surface area contributed by atoms with Gasteiger partial charge in [-0.2, -0.15) is 0 Å². The standard InChI is InChI=1S/C22H25N3O4/c1-22(17-7-5-4-6-8-17)20(26)25(21(27)23-22)14-24-10-9-15-11-18(28-2)19(29-3)12-16(15)13-24/h4-8,11-12H,9-10,13-14H2,1-3H3,(H,23,27)/p+1/t22-/m1/s1. The summed E-state index contributed by atoms with van der Waals surface area (Å²) in [6.45, 7) is 3.65. The van der Waals surface area contributed by atoms with Gasteiger partial charge in [0.2, 0.25) is 0 Å². The fourth-order valence-electron chi connectivity index (χ4n) is 4.20. The van der Waals surface area contributed by atoms with Crippen molar-refractivity contribution in [3.8, 4) is 11.5 Å². The number of fused-ring (bicyclic) bond motifs is 1. The quantitative estimate of drug-likeness (QED) is 0.742. The molecule has 7 heteroatoms. The molecule has 0 radical (unpaired) electrons. The van der Waals surface area contributed by atoms with Gasteiger partial charge in [-0.1, -0.05) is 30.3 Å². The number of hydrogen-bond donors (Lipinski definition) is 2. The van der Waals surface area contributed by atoms with E-state index < -0.39 is 5.54 Å². The van der Waals surface area contributed by atoms with Gasteiger partial charge in [-0.05, 0) is 30.2 Å². The van der Waals surface area contributed by atoms with Crippen LogP contribution in [0.4, 0.5) is 4.79 Å². The van der Waals surface area contributed by atoms with E-state index in [4.69, 9.17) is 9.47 Å². The lowest BCUT2D eigenvalue weighted by Gasteiger charge is -2.29. The van der Waals surface area contributed by atoms with Crippen LogP contribution in [0.5, 0.6) is 11.5 Å². The van der Waals surface area contributed by atoms with Crippen molar-refractivity contribution >= 4 is 11.9 Å². The number of nitrogens with zero attached hydrogens (tertiary/aromatic N) is 1. The molecule has 2 aromatic rings. The molecule has 1 unspecified atom stereocenters. The summed E-state index contributed by atoms with van der Waals surface area (Å²) in [7, 11) is 3.25. The van der Waals surface area contributed by atoms with Crippen molar-refractivity contribution in [1.29, 1.82) is 0 Å². The van der Waals surface area contributed by atoms with Crippen molar-refractivity contribution in [3.63, 3.8) is 0 Å². The number of quaternary nitrogens is 1. The molecular weight excluding hydrogens is 370 g/mol.